The van der Waals surface area contributed by atoms with E-state index in [1.54, 1.807) is 18.2 Å². The number of sulfone groups is 1. The zero-order valence-corrected chi connectivity index (χ0v) is 18.4. The number of halogens is 1. The van der Waals surface area contributed by atoms with E-state index in [4.69, 9.17) is 9.47 Å². The third kappa shape index (κ3) is 3.53. The molecule has 2 aliphatic rings. The van der Waals surface area contributed by atoms with Crippen molar-refractivity contribution in [2.24, 2.45) is 0 Å². The number of fused-ring (bicyclic) bond motifs is 2. The second-order valence-electron chi connectivity index (χ2n) is 8.08. The first-order chi connectivity index (χ1) is 15.1. The van der Waals surface area contributed by atoms with Crippen LogP contribution < -0.4 is 9.47 Å². The molecular formula is C22H22FNO7S. The molecule has 0 saturated heterocycles. The summed E-state index contributed by atoms with van der Waals surface area (Å²) >= 11 is 0. The molecule has 0 aromatic heterocycles. The molecule has 2 heterocycles. The van der Waals surface area contributed by atoms with Crippen LogP contribution in [0.4, 0.5) is 4.39 Å². The quantitative estimate of drug-likeness (QED) is 0.668. The van der Waals surface area contributed by atoms with Gasteiger partial charge in [-0.3, -0.25) is 9.59 Å². The Kier molecular flexibility index (Phi) is 5.46. The number of benzene rings is 2. The van der Waals surface area contributed by atoms with E-state index >= 15 is 4.39 Å². The second-order valence-corrected chi connectivity index (χ2v) is 10.5. The Labute approximate surface area is 184 Å². The third-order valence-corrected chi connectivity index (χ3v) is 8.27. The number of carbonyl (C=O) groups excluding carboxylic acids is 2. The average Bonchev–Trinajstić information content (AvgIpc) is 3.35. The van der Waals surface area contributed by atoms with Crippen molar-refractivity contribution in [3.63, 3.8) is 0 Å². The molecule has 170 valence electrons. The number of rotatable bonds is 7. The lowest BCUT2D eigenvalue weighted by Gasteiger charge is -2.27. The fraction of sp³-hybridized carbons (Fsp3) is 0.364. The number of hydrogen-bond donors (Lipinski definition) is 1. The first-order valence-corrected chi connectivity index (χ1v) is 11.8. The molecule has 0 radical (unpaired) electrons. The van der Waals surface area contributed by atoms with Gasteiger partial charge in [-0.1, -0.05) is 12.1 Å². The summed E-state index contributed by atoms with van der Waals surface area (Å²) in [6.07, 6.45) is 0.708. The van der Waals surface area contributed by atoms with Crippen molar-refractivity contribution in [2.75, 3.05) is 26.2 Å². The molecule has 2 aliphatic heterocycles. The summed E-state index contributed by atoms with van der Waals surface area (Å²) in [6, 6.07) is 8.11. The average molecular weight is 463 g/mol. The van der Waals surface area contributed by atoms with Gasteiger partial charge in [-0.2, -0.15) is 0 Å². The summed E-state index contributed by atoms with van der Waals surface area (Å²) in [5.41, 5.74) is 1.27. The van der Waals surface area contributed by atoms with Crippen LogP contribution in [0.1, 0.15) is 29.3 Å². The minimum atomic E-state index is -3.85. The second kappa shape index (κ2) is 7.86. The van der Waals surface area contributed by atoms with Crippen LogP contribution in [-0.4, -0.2) is 61.1 Å². The number of ketones is 1. The van der Waals surface area contributed by atoms with Crippen molar-refractivity contribution >= 4 is 21.5 Å². The van der Waals surface area contributed by atoms with Crippen LogP contribution in [0.2, 0.25) is 0 Å². The first kappa shape index (κ1) is 22.2. The van der Waals surface area contributed by atoms with Gasteiger partial charge < -0.3 is 19.5 Å². The van der Waals surface area contributed by atoms with Crippen molar-refractivity contribution in [1.82, 2.24) is 4.90 Å². The Morgan fingerprint density at radius 3 is 2.56 bits per heavy atom. The molecule has 0 aliphatic carbocycles. The summed E-state index contributed by atoms with van der Waals surface area (Å²) in [7, 11) is -3.85. The maximum Gasteiger partial charge on any atom is 0.254 e. The SMILES string of the molecule is C[C@@](CCN1Cc2c(ccc(-c3ccc4c(c3)OCO4)c2F)C1=O)(C(=O)CO)S(C)(=O)=O. The van der Waals surface area contributed by atoms with E-state index in [1.165, 1.54) is 24.0 Å². The number of Topliss-reactive ketones (excluding diaryl/α,β-unsaturated/α-hetero) is 1. The van der Waals surface area contributed by atoms with Crippen LogP contribution in [0.25, 0.3) is 11.1 Å². The predicted octanol–water partition coefficient (Wildman–Crippen LogP) is 1.93. The van der Waals surface area contributed by atoms with Gasteiger partial charge in [0.25, 0.3) is 5.91 Å². The molecule has 0 spiro atoms. The Hall–Kier alpha value is -2.98. The van der Waals surface area contributed by atoms with Gasteiger partial charge in [-0.15, -0.1) is 0 Å². The van der Waals surface area contributed by atoms with Gasteiger partial charge in [0.05, 0.1) is 0 Å². The number of hydrogen-bond acceptors (Lipinski definition) is 7. The molecule has 8 nitrogen and oxygen atoms in total. The fourth-order valence-electron chi connectivity index (χ4n) is 3.92. The van der Waals surface area contributed by atoms with Crippen LogP contribution in [0.3, 0.4) is 0 Å². The van der Waals surface area contributed by atoms with Crippen molar-refractivity contribution in [3.05, 3.63) is 47.3 Å². The molecule has 4 rings (SSSR count). The van der Waals surface area contributed by atoms with Gasteiger partial charge in [-0.05, 0) is 37.1 Å². The number of amides is 1. The largest absolute Gasteiger partial charge is 0.454 e. The normalized spacial score (nSPS) is 16.8. The van der Waals surface area contributed by atoms with Gasteiger partial charge in [0.2, 0.25) is 6.79 Å². The molecular weight excluding hydrogens is 441 g/mol. The Morgan fingerprint density at radius 1 is 1.19 bits per heavy atom. The lowest BCUT2D eigenvalue weighted by atomic mass is 9.99. The van der Waals surface area contributed by atoms with E-state index in [2.05, 4.69) is 0 Å². The summed E-state index contributed by atoms with van der Waals surface area (Å²) in [6.45, 7) is 0.269. The Bertz CT molecular complexity index is 1230. The number of nitrogens with zero attached hydrogens (tertiary/aromatic N) is 1. The van der Waals surface area contributed by atoms with Gasteiger partial charge in [0, 0.05) is 36.0 Å². The van der Waals surface area contributed by atoms with E-state index in [1.807, 2.05) is 0 Å². The monoisotopic (exact) mass is 463 g/mol. The molecule has 10 heteroatoms. The maximum atomic E-state index is 15.4. The van der Waals surface area contributed by atoms with Crippen molar-refractivity contribution in [1.29, 1.82) is 0 Å². The van der Waals surface area contributed by atoms with Crippen LogP contribution in [0, 0.1) is 5.82 Å². The van der Waals surface area contributed by atoms with Crippen molar-refractivity contribution in [3.8, 4) is 22.6 Å². The fourth-order valence-corrected chi connectivity index (χ4v) is 4.86. The van der Waals surface area contributed by atoms with Gasteiger partial charge >= 0.3 is 0 Å². The minimum absolute atomic E-state index is 0.0501. The summed E-state index contributed by atoms with van der Waals surface area (Å²) in [5, 5.41) is 9.19. The number of carbonyl (C=O) groups is 2. The molecule has 32 heavy (non-hydrogen) atoms. The minimum Gasteiger partial charge on any atom is -0.454 e. The smallest absolute Gasteiger partial charge is 0.254 e. The number of aliphatic hydroxyl groups is 1. The molecule has 1 atom stereocenters. The summed E-state index contributed by atoms with van der Waals surface area (Å²) < 4.78 is 48.5. The highest BCUT2D eigenvalue weighted by Crippen LogP contribution is 2.38. The molecule has 2 aromatic carbocycles. The topological polar surface area (TPSA) is 110 Å². The highest BCUT2D eigenvalue weighted by Gasteiger charge is 2.43. The van der Waals surface area contributed by atoms with E-state index in [-0.39, 0.29) is 37.4 Å². The molecule has 0 saturated carbocycles. The van der Waals surface area contributed by atoms with Gasteiger partial charge in [0.15, 0.2) is 27.1 Å². The lowest BCUT2D eigenvalue weighted by Crippen LogP contribution is -2.47. The molecule has 0 bridgehead atoms. The highest BCUT2D eigenvalue weighted by molar-refractivity contribution is 7.92. The maximum absolute atomic E-state index is 15.4. The van der Waals surface area contributed by atoms with Gasteiger partial charge in [-0.25, -0.2) is 12.8 Å². The Morgan fingerprint density at radius 2 is 1.88 bits per heavy atom. The zero-order valence-electron chi connectivity index (χ0n) is 17.6. The molecule has 0 fully saturated rings. The van der Waals surface area contributed by atoms with E-state index in [0.29, 0.717) is 22.6 Å². The zero-order chi connectivity index (χ0) is 23.3. The van der Waals surface area contributed by atoms with E-state index in [9.17, 15) is 23.1 Å². The number of ether oxygens (including phenoxy) is 2. The summed E-state index contributed by atoms with van der Waals surface area (Å²) in [5.74, 6) is -0.755. The van der Waals surface area contributed by atoms with Crippen LogP contribution in [-0.2, 0) is 21.2 Å². The lowest BCUT2D eigenvalue weighted by molar-refractivity contribution is -0.124. The molecule has 2 aromatic rings. The van der Waals surface area contributed by atoms with E-state index < -0.39 is 38.7 Å². The highest BCUT2D eigenvalue weighted by atomic mass is 32.2. The molecule has 1 N–H and O–H groups in total. The Balaban J connectivity index is 1.59. The standard InChI is InChI=1S/C22H22FNO7S/c1-22(19(26)11-25,32(2,28)29)7-8-24-10-16-15(21(24)27)5-4-14(20(16)23)13-3-6-17-18(9-13)31-12-30-17/h3-6,9,25H,7-8,10-12H2,1-2H3/t22-/m1/s1. The molecule has 1 amide bonds. The van der Waals surface area contributed by atoms with Crippen LogP contribution >= 0.6 is 0 Å². The van der Waals surface area contributed by atoms with Gasteiger partial charge in [0.1, 0.15) is 17.2 Å². The van der Waals surface area contributed by atoms with Crippen molar-refractivity contribution < 1.29 is 37.0 Å². The molecule has 0 unspecified atom stereocenters. The first-order valence-electron chi connectivity index (χ1n) is 9.91. The van der Waals surface area contributed by atoms with Crippen molar-refractivity contribution in [2.45, 2.75) is 24.6 Å². The predicted molar refractivity (Wildman–Crippen MR) is 113 cm³/mol. The summed E-state index contributed by atoms with van der Waals surface area (Å²) in [4.78, 5) is 26.2. The third-order valence-electron chi connectivity index (χ3n) is 6.20. The van der Waals surface area contributed by atoms with E-state index in [0.717, 1.165) is 6.26 Å². The van der Waals surface area contributed by atoms with Crippen LogP contribution in [0.5, 0.6) is 11.5 Å². The van der Waals surface area contributed by atoms with Crippen LogP contribution in [0.15, 0.2) is 30.3 Å². The number of aliphatic hydroxyl groups excluding tert-OH is 1.